The Labute approximate surface area is 137 Å². The van der Waals surface area contributed by atoms with E-state index in [1.807, 2.05) is 24.3 Å². The molecule has 3 rings (SSSR count). The Morgan fingerprint density at radius 1 is 1.33 bits per heavy atom. The summed E-state index contributed by atoms with van der Waals surface area (Å²) in [7, 11) is 0. The average molecular weight is 372 g/mol. The zero-order chi connectivity index (χ0) is 13.9. The third kappa shape index (κ3) is 3.64. The van der Waals surface area contributed by atoms with Gasteiger partial charge in [0.1, 0.15) is 0 Å². The number of aromatic nitrogens is 2. The van der Waals surface area contributed by atoms with Crippen molar-refractivity contribution in [3.8, 4) is 0 Å². The summed E-state index contributed by atoms with van der Waals surface area (Å²) < 4.78 is 1.03. The molecule has 7 heteroatoms. The number of benzene rings is 1. The molecule has 1 aromatic carbocycles. The minimum Gasteiger partial charge on any atom is -0.347 e. The Kier molecular flexibility index (Phi) is 5.39. The fraction of sp³-hybridized carbons (Fsp3) is 0.286. The highest BCUT2D eigenvalue weighted by Gasteiger charge is 2.21. The number of carbonyl (C=O) groups excluding carboxylic acids is 1. The largest absolute Gasteiger partial charge is 0.347 e. The number of halogens is 2. The standard InChI is InChI=1S/C14H15BrN4O.ClH/c15-10-3-1-9(2-4-10)7-17-14(20)13-11-8-16-6-5-12(11)18-19-13;/h1-4,16H,5-8H2,(H,17,20)(H,18,19);1H. The van der Waals surface area contributed by atoms with E-state index in [0.29, 0.717) is 18.8 Å². The third-order valence-electron chi connectivity index (χ3n) is 3.39. The van der Waals surface area contributed by atoms with Crippen molar-refractivity contribution in [2.24, 2.45) is 0 Å². The molecule has 2 aromatic rings. The number of fused-ring (bicyclic) bond motifs is 1. The monoisotopic (exact) mass is 370 g/mol. The second kappa shape index (κ2) is 7.06. The van der Waals surface area contributed by atoms with Crippen molar-refractivity contribution in [1.29, 1.82) is 0 Å². The first-order chi connectivity index (χ1) is 9.74. The smallest absolute Gasteiger partial charge is 0.272 e. The van der Waals surface area contributed by atoms with Crippen LogP contribution in [0.2, 0.25) is 0 Å². The van der Waals surface area contributed by atoms with Crippen LogP contribution in [0, 0.1) is 0 Å². The molecule has 1 aliphatic rings. The molecule has 0 saturated heterocycles. The first kappa shape index (κ1) is 16.0. The summed E-state index contributed by atoms with van der Waals surface area (Å²) in [5.74, 6) is -0.130. The highest BCUT2D eigenvalue weighted by Crippen LogP contribution is 2.15. The van der Waals surface area contributed by atoms with Crippen LogP contribution in [0.3, 0.4) is 0 Å². The van der Waals surface area contributed by atoms with Crippen molar-refractivity contribution < 1.29 is 4.79 Å². The summed E-state index contributed by atoms with van der Waals surface area (Å²) in [5, 5.41) is 13.3. The van der Waals surface area contributed by atoms with Crippen LogP contribution in [0.25, 0.3) is 0 Å². The van der Waals surface area contributed by atoms with Crippen molar-refractivity contribution >= 4 is 34.2 Å². The van der Waals surface area contributed by atoms with Crippen molar-refractivity contribution in [1.82, 2.24) is 20.8 Å². The number of carbonyl (C=O) groups is 1. The molecule has 0 aliphatic carbocycles. The van der Waals surface area contributed by atoms with Crippen LogP contribution in [0.15, 0.2) is 28.7 Å². The molecule has 5 nitrogen and oxygen atoms in total. The lowest BCUT2D eigenvalue weighted by molar-refractivity contribution is 0.0944. The minimum atomic E-state index is -0.130. The highest BCUT2D eigenvalue weighted by atomic mass is 79.9. The molecule has 112 valence electrons. The Balaban J connectivity index is 0.00000161. The Morgan fingerprint density at radius 2 is 2.10 bits per heavy atom. The summed E-state index contributed by atoms with van der Waals surface area (Å²) in [5.41, 5.74) is 3.62. The maximum absolute atomic E-state index is 12.2. The molecule has 0 fully saturated rings. The fourth-order valence-corrected chi connectivity index (χ4v) is 2.55. The number of nitrogens with one attached hydrogen (secondary N) is 3. The maximum atomic E-state index is 12.2. The van der Waals surface area contributed by atoms with Gasteiger partial charge in [-0.3, -0.25) is 9.89 Å². The predicted octanol–water partition coefficient (Wildman–Crippen LogP) is 2.17. The van der Waals surface area contributed by atoms with E-state index in [2.05, 4.69) is 36.8 Å². The van der Waals surface area contributed by atoms with Gasteiger partial charge in [0.2, 0.25) is 0 Å². The summed E-state index contributed by atoms with van der Waals surface area (Å²) in [6.45, 7) is 2.13. The Morgan fingerprint density at radius 3 is 2.86 bits per heavy atom. The minimum absolute atomic E-state index is 0. The number of hydrogen-bond donors (Lipinski definition) is 3. The van der Waals surface area contributed by atoms with Crippen LogP contribution in [0.5, 0.6) is 0 Å². The molecule has 0 radical (unpaired) electrons. The topological polar surface area (TPSA) is 69.8 Å². The molecular weight excluding hydrogens is 356 g/mol. The van der Waals surface area contributed by atoms with Crippen molar-refractivity contribution in [3.05, 3.63) is 51.3 Å². The number of nitrogens with zero attached hydrogens (tertiary/aromatic N) is 1. The second-order valence-corrected chi connectivity index (χ2v) is 5.68. The van der Waals surface area contributed by atoms with Gasteiger partial charge in [0.25, 0.3) is 5.91 Å². The van der Waals surface area contributed by atoms with Gasteiger partial charge < -0.3 is 10.6 Å². The lowest BCUT2D eigenvalue weighted by Gasteiger charge is -2.12. The Bertz CT molecular complexity index is 626. The van der Waals surface area contributed by atoms with Gasteiger partial charge in [-0.2, -0.15) is 5.10 Å². The zero-order valence-electron chi connectivity index (χ0n) is 11.3. The van der Waals surface area contributed by atoms with Crippen molar-refractivity contribution in [2.45, 2.75) is 19.5 Å². The normalized spacial score (nSPS) is 13.2. The van der Waals surface area contributed by atoms with Gasteiger partial charge in [-0.15, -0.1) is 12.4 Å². The fourth-order valence-electron chi connectivity index (χ4n) is 2.28. The molecule has 1 aliphatic heterocycles. The molecule has 2 heterocycles. The molecule has 1 amide bonds. The molecule has 0 atom stereocenters. The van der Waals surface area contributed by atoms with Crippen LogP contribution in [0.4, 0.5) is 0 Å². The van der Waals surface area contributed by atoms with Gasteiger partial charge in [-0.05, 0) is 17.7 Å². The van der Waals surface area contributed by atoms with Crippen molar-refractivity contribution in [3.63, 3.8) is 0 Å². The summed E-state index contributed by atoms with van der Waals surface area (Å²) in [4.78, 5) is 12.2. The summed E-state index contributed by atoms with van der Waals surface area (Å²) in [6, 6.07) is 7.88. The van der Waals surface area contributed by atoms with Crippen LogP contribution in [0.1, 0.15) is 27.3 Å². The van der Waals surface area contributed by atoms with Gasteiger partial charge in [0.15, 0.2) is 5.69 Å². The zero-order valence-corrected chi connectivity index (χ0v) is 13.7. The van der Waals surface area contributed by atoms with E-state index < -0.39 is 0 Å². The van der Waals surface area contributed by atoms with E-state index in [4.69, 9.17) is 0 Å². The molecule has 0 unspecified atom stereocenters. The average Bonchev–Trinajstić information content (AvgIpc) is 2.90. The quantitative estimate of drug-likeness (QED) is 0.774. The molecule has 0 bridgehead atoms. The first-order valence-electron chi connectivity index (χ1n) is 6.53. The van der Waals surface area contributed by atoms with Gasteiger partial charge in [-0.1, -0.05) is 28.1 Å². The number of amides is 1. The molecule has 3 N–H and O–H groups in total. The van der Waals surface area contributed by atoms with Crippen LogP contribution < -0.4 is 10.6 Å². The maximum Gasteiger partial charge on any atom is 0.272 e. The number of H-pyrrole nitrogens is 1. The van der Waals surface area contributed by atoms with E-state index in [1.165, 1.54) is 0 Å². The number of aromatic amines is 1. The van der Waals surface area contributed by atoms with Gasteiger partial charge in [0, 0.05) is 41.8 Å². The van der Waals surface area contributed by atoms with E-state index in [-0.39, 0.29) is 18.3 Å². The first-order valence-corrected chi connectivity index (χ1v) is 7.33. The Hall–Kier alpha value is -1.37. The van der Waals surface area contributed by atoms with Gasteiger partial charge in [0.05, 0.1) is 0 Å². The second-order valence-electron chi connectivity index (χ2n) is 4.77. The highest BCUT2D eigenvalue weighted by molar-refractivity contribution is 9.10. The van der Waals surface area contributed by atoms with Crippen LogP contribution in [-0.4, -0.2) is 22.6 Å². The van der Waals surface area contributed by atoms with Crippen LogP contribution >= 0.6 is 28.3 Å². The van der Waals surface area contributed by atoms with E-state index in [0.717, 1.165) is 34.3 Å². The lowest BCUT2D eigenvalue weighted by atomic mass is 10.1. The molecular formula is C14H16BrClN4O. The predicted molar refractivity (Wildman–Crippen MR) is 86.6 cm³/mol. The molecule has 1 aromatic heterocycles. The SMILES string of the molecule is Cl.O=C(NCc1ccc(Br)cc1)c1n[nH]c2c1CNCC2. The summed E-state index contributed by atoms with van der Waals surface area (Å²) >= 11 is 3.39. The molecule has 0 saturated carbocycles. The van der Waals surface area contributed by atoms with Gasteiger partial charge >= 0.3 is 0 Å². The number of hydrogen-bond acceptors (Lipinski definition) is 3. The lowest BCUT2D eigenvalue weighted by Crippen LogP contribution is -2.28. The molecule has 0 spiro atoms. The van der Waals surface area contributed by atoms with E-state index >= 15 is 0 Å². The number of rotatable bonds is 3. The van der Waals surface area contributed by atoms with E-state index in [1.54, 1.807) is 0 Å². The third-order valence-corrected chi connectivity index (χ3v) is 3.92. The molecule has 21 heavy (non-hydrogen) atoms. The van der Waals surface area contributed by atoms with Crippen LogP contribution in [-0.2, 0) is 19.5 Å². The van der Waals surface area contributed by atoms with E-state index in [9.17, 15) is 4.79 Å². The summed E-state index contributed by atoms with van der Waals surface area (Å²) in [6.07, 6.45) is 0.891. The van der Waals surface area contributed by atoms with Gasteiger partial charge in [-0.25, -0.2) is 0 Å². The van der Waals surface area contributed by atoms with Crippen molar-refractivity contribution in [2.75, 3.05) is 6.54 Å².